The van der Waals surface area contributed by atoms with Crippen LogP contribution in [-0.2, 0) is 6.42 Å². The van der Waals surface area contributed by atoms with Crippen molar-refractivity contribution >= 4 is 17.2 Å². The smallest absolute Gasteiger partial charge is 0.238 e. The van der Waals surface area contributed by atoms with E-state index in [0.717, 1.165) is 22.0 Å². The maximum Gasteiger partial charge on any atom is 0.238 e. The van der Waals surface area contributed by atoms with Crippen LogP contribution in [0.25, 0.3) is 10.6 Å². The van der Waals surface area contributed by atoms with Gasteiger partial charge in [0.05, 0.1) is 19.2 Å². The van der Waals surface area contributed by atoms with Gasteiger partial charge in [-0.2, -0.15) is 0 Å². The first-order valence-corrected chi connectivity index (χ1v) is 9.28. The van der Waals surface area contributed by atoms with E-state index in [9.17, 15) is 4.79 Å². The monoisotopic (exact) mass is 367 g/mol. The van der Waals surface area contributed by atoms with Crippen molar-refractivity contribution < 1.29 is 9.53 Å². The molecule has 1 aromatic carbocycles. The van der Waals surface area contributed by atoms with Crippen LogP contribution in [0, 0.1) is 0 Å². The lowest BCUT2D eigenvalue weighted by Crippen LogP contribution is -2.28. The van der Waals surface area contributed by atoms with E-state index >= 15 is 0 Å². The van der Waals surface area contributed by atoms with E-state index in [1.807, 2.05) is 61.7 Å². The highest BCUT2D eigenvalue weighted by Gasteiger charge is 2.11. The molecule has 0 spiro atoms. The predicted molar refractivity (Wildman–Crippen MR) is 104 cm³/mol. The number of hydrogen-bond acceptors (Lipinski definition) is 5. The van der Waals surface area contributed by atoms with Crippen LogP contribution in [0.15, 0.2) is 59.0 Å². The molecule has 26 heavy (non-hydrogen) atoms. The van der Waals surface area contributed by atoms with Crippen LogP contribution < -0.4 is 10.2 Å². The van der Waals surface area contributed by atoms with Gasteiger partial charge >= 0.3 is 0 Å². The minimum Gasteiger partial charge on any atom is -0.497 e. The highest BCUT2D eigenvalue weighted by molar-refractivity contribution is 7.13. The third kappa shape index (κ3) is 4.26. The van der Waals surface area contributed by atoms with Crippen molar-refractivity contribution in [2.45, 2.75) is 26.3 Å². The number of carbonyl (C=O) groups is 1. The van der Waals surface area contributed by atoms with Crippen LogP contribution in [0.2, 0.25) is 0 Å². The second-order valence-corrected chi connectivity index (χ2v) is 6.95. The largest absolute Gasteiger partial charge is 0.497 e. The maximum absolute atomic E-state index is 12.7. The molecule has 5 nitrogen and oxygen atoms in total. The number of methoxy groups -OCH3 is 1. The number of ether oxygens (including phenoxy) is 1. The molecule has 3 aromatic rings. The number of nitrogens with zero attached hydrogens (tertiary/aromatic N) is 3. The molecule has 0 aliphatic heterocycles. The van der Waals surface area contributed by atoms with Gasteiger partial charge in [0, 0.05) is 23.2 Å². The van der Waals surface area contributed by atoms with Crippen molar-refractivity contribution in [1.82, 2.24) is 9.55 Å². The molecule has 0 N–H and O–H groups in total. The number of benzene rings is 1. The minimum absolute atomic E-state index is 0.0448. The number of aromatic nitrogens is 2. The normalized spacial score (nSPS) is 11.8. The zero-order chi connectivity index (χ0) is 18.5. The molecule has 6 heteroatoms. The zero-order valence-corrected chi connectivity index (χ0v) is 15.9. The number of pyridine rings is 1. The lowest BCUT2D eigenvalue weighted by molar-refractivity contribution is 0.0907. The zero-order valence-electron chi connectivity index (χ0n) is 15.0. The van der Waals surface area contributed by atoms with Gasteiger partial charge < -0.3 is 4.74 Å². The van der Waals surface area contributed by atoms with E-state index in [-0.39, 0.29) is 18.4 Å². The van der Waals surface area contributed by atoms with Crippen molar-refractivity contribution in [3.05, 3.63) is 65.2 Å². The highest BCUT2D eigenvalue weighted by Crippen LogP contribution is 2.25. The summed E-state index contributed by atoms with van der Waals surface area (Å²) in [7, 11) is 1.64. The molecule has 134 valence electrons. The Bertz CT molecular complexity index is 955. The highest BCUT2D eigenvalue weighted by atomic mass is 32.1. The Morgan fingerprint density at radius 1 is 1.23 bits per heavy atom. The molecule has 3 rings (SSSR count). The van der Waals surface area contributed by atoms with Crippen molar-refractivity contribution in [3.8, 4) is 16.3 Å². The van der Waals surface area contributed by atoms with Gasteiger partial charge in [-0.05, 0) is 50.2 Å². The Balaban J connectivity index is 1.80. The van der Waals surface area contributed by atoms with E-state index in [2.05, 4.69) is 9.98 Å². The number of carbonyl (C=O) groups excluding carboxylic acids is 1. The lowest BCUT2D eigenvalue weighted by atomic mass is 10.2. The molecule has 0 saturated heterocycles. The van der Waals surface area contributed by atoms with Crippen molar-refractivity contribution in [2.24, 2.45) is 4.99 Å². The molecule has 0 aliphatic rings. The quantitative estimate of drug-likeness (QED) is 0.689. The Morgan fingerprint density at radius 2 is 2.00 bits per heavy atom. The molecule has 0 radical (unpaired) electrons. The molecule has 2 aromatic heterocycles. The fraction of sp³-hybridized carbons (Fsp3) is 0.250. The molecule has 0 saturated carbocycles. The summed E-state index contributed by atoms with van der Waals surface area (Å²) in [6.45, 7) is 3.98. The van der Waals surface area contributed by atoms with Crippen LogP contribution in [0.3, 0.4) is 0 Å². The number of hydrogen-bond donors (Lipinski definition) is 0. The van der Waals surface area contributed by atoms with E-state index in [1.165, 1.54) is 11.3 Å². The summed E-state index contributed by atoms with van der Waals surface area (Å²) in [6, 6.07) is 13.4. The molecule has 0 unspecified atom stereocenters. The average Bonchev–Trinajstić information content (AvgIpc) is 3.10. The van der Waals surface area contributed by atoms with Gasteiger partial charge in [0.25, 0.3) is 0 Å². The second-order valence-electron chi connectivity index (χ2n) is 6.09. The summed E-state index contributed by atoms with van der Waals surface area (Å²) >= 11 is 1.53. The third-order valence-corrected chi connectivity index (χ3v) is 4.66. The molecule has 0 atom stereocenters. The average molecular weight is 367 g/mol. The van der Waals surface area contributed by atoms with Crippen LogP contribution in [-0.4, -0.2) is 28.6 Å². The van der Waals surface area contributed by atoms with Crippen molar-refractivity contribution in [3.63, 3.8) is 0 Å². The third-order valence-electron chi connectivity index (χ3n) is 3.72. The van der Waals surface area contributed by atoms with Crippen LogP contribution in [0.4, 0.5) is 0 Å². The molecule has 2 heterocycles. The minimum atomic E-state index is -0.0448. The summed E-state index contributed by atoms with van der Waals surface area (Å²) in [6.07, 6.45) is 1.99. The van der Waals surface area contributed by atoms with Crippen LogP contribution in [0.1, 0.15) is 24.3 Å². The molecular formula is C20H21N3O2S. The fourth-order valence-corrected chi connectivity index (χ4v) is 3.34. The predicted octanol–water partition coefficient (Wildman–Crippen LogP) is 3.81. The van der Waals surface area contributed by atoms with Gasteiger partial charge in [-0.1, -0.05) is 6.07 Å². The first kappa shape index (κ1) is 18.1. The molecule has 0 bridgehead atoms. The van der Waals surface area contributed by atoms with E-state index in [4.69, 9.17) is 4.74 Å². The lowest BCUT2D eigenvalue weighted by Gasteiger charge is -2.06. The number of thiazole rings is 1. The summed E-state index contributed by atoms with van der Waals surface area (Å²) in [5.41, 5.74) is 2.44. The van der Waals surface area contributed by atoms with Crippen LogP contribution in [0.5, 0.6) is 5.75 Å². The van der Waals surface area contributed by atoms with E-state index in [1.54, 1.807) is 17.9 Å². The molecular weight excluding hydrogens is 346 g/mol. The van der Waals surface area contributed by atoms with E-state index < -0.39 is 0 Å². The molecule has 0 fully saturated rings. The summed E-state index contributed by atoms with van der Waals surface area (Å²) in [5.74, 6) is 0.763. The van der Waals surface area contributed by atoms with Gasteiger partial charge in [-0.3, -0.25) is 14.4 Å². The van der Waals surface area contributed by atoms with Gasteiger partial charge in [0.2, 0.25) is 5.91 Å². The fourth-order valence-electron chi connectivity index (χ4n) is 2.51. The Kier molecular flexibility index (Phi) is 5.63. The first-order chi connectivity index (χ1) is 12.6. The SMILES string of the molecule is COc1ccc(-c2nc(CC(=O)n3ccccc3=NC(C)C)cs2)cc1. The van der Waals surface area contributed by atoms with E-state index in [0.29, 0.717) is 5.49 Å². The van der Waals surface area contributed by atoms with Crippen molar-refractivity contribution in [1.29, 1.82) is 0 Å². The standard InChI is InChI=1S/C20H21N3O2S/c1-14(2)21-18-6-4-5-11-23(18)19(24)12-16-13-26-20(22-16)15-7-9-17(25-3)10-8-15/h4-11,13-14H,12H2,1-3H3. The topological polar surface area (TPSA) is 56.5 Å². The van der Waals surface area contributed by atoms with Gasteiger partial charge in [0.15, 0.2) is 0 Å². The molecule has 0 amide bonds. The summed E-state index contributed by atoms with van der Waals surface area (Å²) in [5, 5.41) is 2.82. The molecule has 0 aliphatic carbocycles. The van der Waals surface area contributed by atoms with Crippen LogP contribution >= 0.6 is 11.3 Å². The Labute approximate surface area is 156 Å². The number of rotatable bonds is 5. The van der Waals surface area contributed by atoms with Gasteiger partial charge in [-0.15, -0.1) is 11.3 Å². The second kappa shape index (κ2) is 8.10. The van der Waals surface area contributed by atoms with Crippen molar-refractivity contribution in [2.75, 3.05) is 7.11 Å². The Hall–Kier alpha value is -2.73. The first-order valence-electron chi connectivity index (χ1n) is 8.40. The van der Waals surface area contributed by atoms with Gasteiger partial charge in [0.1, 0.15) is 16.2 Å². The van der Waals surface area contributed by atoms with Gasteiger partial charge in [-0.25, -0.2) is 4.98 Å². The summed E-state index contributed by atoms with van der Waals surface area (Å²) in [4.78, 5) is 21.8. The maximum atomic E-state index is 12.7. The Morgan fingerprint density at radius 3 is 2.69 bits per heavy atom. The summed E-state index contributed by atoms with van der Waals surface area (Å²) < 4.78 is 6.77.